The molecule has 33 heavy (non-hydrogen) atoms. The smallest absolute Gasteiger partial charge is 0.243 e. The number of carbonyl (C=O) groups excluding carboxylic acids is 2. The highest BCUT2D eigenvalue weighted by Crippen LogP contribution is 2.19. The first-order valence-corrected chi connectivity index (χ1v) is 12.0. The molecule has 176 valence electrons. The fourth-order valence-corrected chi connectivity index (χ4v) is 3.71. The molecule has 2 aromatic carbocycles. The van der Waals surface area contributed by atoms with Crippen molar-refractivity contribution in [1.29, 1.82) is 0 Å². The number of benzene rings is 2. The number of hydrogen-bond acceptors (Lipinski definition) is 4. The van der Waals surface area contributed by atoms with Crippen molar-refractivity contribution in [3.63, 3.8) is 0 Å². The van der Waals surface area contributed by atoms with Crippen LogP contribution in [-0.2, 0) is 16.0 Å². The quantitative estimate of drug-likeness (QED) is 0.490. The van der Waals surface area contributed by atoms with Crippen LogP contribution in [0.5, 0.6) is 5.75 Å². The molecule has 3 rings (SSSR count). The summed E-state index contributed by atoms with van der Waals surface area (Å²) in [4.78, 5) is 24.8. The van der Waals surface area contributed by atoms with Gasteiger partial charge in [-0.25, -0.2) is 5.01 Å². The van der Waals surface area contributed by atoms with Crippen molar-refractivity contribution in [3.05, 3.63) is 65.2 Å². The molecule has 6 nitrogen and oxygen atoms in total. The Kier molecular flexibility index (Phi) is 9.04. The van der Waals surface area contributed by atoms with Crippen LogP contribution in [0.4, 0.5) is 0 Å². The number of nitrogens with one attached hydrogen (secondary N) is 1. The molecule has 0 spiro atoms. The number of unbranched alkanes of at least 4 members (excludes halogenated alkanes) is 1. The van der Waals surface area contributed by atoms with Gasteiger partial charge in [0, 0.05) is 19.3 Å². The van der Waals surface area contributed by atoms with E-state index in [0.717, 1.165) is 41.9 Å². The van der Waals surface area contributed by atoms with E-state index in [1.807, 2.05) is 31.2 Å². The van der Waals surface area contributed by atoms with Gasteiger partial charge >= 0.3 is 0 Å². The third-order valence-electron chi connectivity index (χ3n) is 5.88. The van der Waals surface area contributed by atoms with Crippen molar-refractivity contribution in [3.8, 4) is 5.75 Å². The molecule has 0 aliphatic carbocycles. The standard InChI is InChI=1S/C27H35N3O3/c1-4-6-19-33-24-13-11-22(12-14-24)20(3)28-26(31)17-18-30-27(32)16-15-25(29-30)23-9-7-21(5-2)8-10-23/h7-14,20H,4-6,15-19H2,1-3H3,(H,28,31)/t20-/m1/s1. The lowest BCUT2D eigenvalue weighted by molar-refractivity contribution is -0.132. The molecule has 2 aromatic rings. The van der Waals surface area contributed by atoms with Crippen LogP contribution in [0.25, 0.3) is 0 Å². The van der Waals surface area contributed by atoms with Gasteiger partial charge in [-0.2, -0.15) is 5.10 Å². The lowest BCUT2D eigenvalue weighted by Gasteiger charge is -2.24. The normalized spacial score (nSPS) is 14.6. The summed E-state index contributed by atoms with van der Waals surface area (Å²) in [5.74, 6) is 0.698. The van der Waals surface area contributed by atoms with E-state index in [4.69, 9.17) is 4.74 Å². The van der Waals surface area contributed by atoms with Gasteiger partial charge in [-0.1, -0.05) is 56.7 Å². The molecule has 0 unspecified atom stereocenters. The van der Waals surface area contributed by atoms with Crippen LogP contribution in [0, 0.1) is 0 Å². The summed E-state index contributed by atoms with van der Waals surface area (Å²) in [5.41, 5.74) is 4.21. The van der Waals surface area contributed by atoms with Gasteiger partial charge in [-0.15, -0.1) is 0 Å². The average Bonchev–Trinajstić information content (AvgIpc) is 2.84. The van der Waals surface area contributed by atoms with Crippen molar-refractivity contribution >= 4 is 17.5 Å². The van der Waals surface area contributed by atoms with Gasteiger partial charge in [-0.3, -0.25) is 9.59 Å². The predicted molar refractivity (Wildman–Crippen MR) is 131 cm³/mol. The third kappa shape index (κ3) is 7.17. The number of amides is 2. The zero-order valence-corrected chi connectivity index (χ0v) is 20.0. The number of carbonyl (C=O) groups is 2. The van der Waals surface area contributed by atoms with Gasteiger partial charge in [0.1, 0.15) is 5.75 Å². The zero-order valence-electron chi connectivity index (χ0n) is 20.0. The Hall–Kier alpha value is -3.15. The van der Waals surface area contributed by atoms with Crippen LogP contribution in [0.3, 0.4) is 0 Å². The first-order valence-electron chi connectivity index (χ1n) is 12.0. The molecule has 0 bridgehead atoms. The summed E-state index contributed by atoms with van der Waals surface area (Å²) in [7, 11) is 0. The second kappa shape index (κ2) is 12.2. The van der Waals surface area contributed by atoms with Crippen molar-refractivity contribution < 1.29 is 14.3 Å². The topological polar surface area (TPSA) is 71.0 Å². The van der Waals surface area contributed by atoms with E-state index in [1.54, 1.807) is 0 Å². The van der Waals surface area contributed by atoms with E-state index >= 15 is 0 Å². The van der Waals surface area contributed by atoms with Gasteiger partial charge in [-0.05, 0) is 48.6 Å². The van der Waals surface area contributed by atoms with E-state index in [9.17, 15) is 9.59 Å². The van der Waals surface area contributed by atoms with Crippen LogP contribution in [0.2, 0.25) is 0 Å². The number of aryl methyl sites for hydroxylation is 1. The molecule has 6 heteroatoms. The summed E-state index contributed by atoms with van der Waals surface area (Å²) < 4.78 is 5.69. The van der Waals surface area contributed by atoms with Crippen molar-refractivity contribution in [1.82, 2.24) is 10.3 Å². The molecule has 1 atom stereocenters. The molecule has 0 radical (unpaired) electrons. The lowest BCUT2D eigenvalue weighted by Crippen LogP contribution is -2.36. The molecule has 0 saturated carbocycles. The highest BCUT2D eigenvalue weighted by Gasteiger charge is 2.22. The zero-order chi connectivity index (χ0) is 23.6. The molecule has 0 aromatic heterocycles. The molecular weight excluding hydrogens is 414 g/mol. The van der Waals surface area contributed by atoms with Gasteiger partial charge < -0.3 is 10.1 Å². The van der Waals surface area contributed by atoms with Gasteiger partial charge in [0.05, 0.1) is 24.9 Å². The monoisotopic (exact) mass is 449 g/mol. The van der Waals surface area contributed by atoms with Crippen LogP contribution in [0.15, 0.2) is 53.6 Å². The van der Waals surface area contributed by atoms with Gasteiger partial charge in [0.2, 0.25) is 11.8 Å². The minimum absolute atomic E-state index is 0.0385. The Bertz CT molecular complexity index is 952. The summed E-state index contributed by atoms with van der Waals surface area (Å²) in [6.07, 6.45) is 4.37. The van der Waals surface area contributed by atoms with Crippen LogP contribution in [0.1, 0.15) is 75.6 Å². The maximum absolute atomic E-state index is 12.5. The minimum atomic E-state index is -0.129. The molecule has 0 fully saturated rings. The van der Waals surface area contributed by atoms with E-state index < -0.39 is 0 Å². The maximum atomic E-state index is 12.5. The first-order chi connectivity index (χ1) is 16.0. The Morgan fingerprint density at radius 2 is 1.82 bits per heavy atom. The van der Waals surface area contributed by atoms with Gasteiger partial charge in [0.25, 0.3) is 0 Å². The molecule has 1 N–H and O–H groups in total. The molecule has 1 aliphatic rings. The lowest BCUT2D eigenvalue weighted by atomic mass is 10.0. The van der Waals surface area contributed by atoms with E-state index in [0.29, 0.717) is 19.4 Å². The van der Waals surface area contributed by atoms with E-state index in [1.165, 1.54) is 10.6 Å². The average molecular weight is 450 g/mol. The Balaban J connectivity index is 1.51. The fourth-order valence-electron chi connectivity index (χ4n) is 3.71. The minimum Gasteiger partial charge on any atom is -0.494 e. The number of nitrogens with zero attached hydrogens (tertiary/aromatic N) is 2. The highest BCUT2D eigenvalue weighted by molar-refractivity contribution is 6.04. The Morgan fingerprint density at radius 3 is 2.48 bits per heavy atom. The summed E-state index contributed by atoms with van der Waals surface area (Å²) >= 11 is 0. The molecule has 0 saturated heterocycles. The predicted octanol–water partition coefficient (Wildman–Crippen LogP) is 5.02. The summed E-state index contributed by atoms with van der Waals surface area (Å²) in [5, 5.41) is 9.00. The van der Waals surface area contributed by atoms with Crippen LogP contribution < -0.4 is 10.1 Å². The second-order valence-electron chi connectivity index (χ2n) is 8.42. The Morgan fingerprint density at radius 1 is 1.09 bits per heavy atom. The molecule has 1 heterocycles. The van der Waals surface area contributed by atoms with Crippen molar-refractivity contribution in [2.75, 3.05) is 13.2 Å². The summed E-state index contributed by atoms with van der Waals surface area (Å²) in [6.45, 7) is 7.20. The third-order valence-corrected chi connectivity index (χ3v) is 5.88. The van der Waals surface area contributed by atoms with E-state index in [-0.39, 0.29) is 30.8 Å². The van der Waals surface area contributed by atoms with Crippen LogP contribution in [-0.4, -0.2) is 35.7 Å². The number of rotatable bonds is 11. The van der Waals surface area contributed by atoms with E-state index in [2.05, 4.69) is 48.5 Å². The van der Waals surface area contributed by atoms with Crippen molar-refractivity contribution in [2.24, 2.45) is 5.10 Å². The first kappa shape index (κ1) is 24.5. The molecule has 2 amide bonds. The molecular formula is C27H35N3O3. The molecule has 1 aliphatic heterocycles. The maximum Gasteiger partial charge on any atom is 0.243 e. The van der Waals surface area contributed by atoms with Crippen molar-refractivity contribution in [2.45, 2.75) is 65.3 Å². The number of ether oxygens (including phenoxy) is 1. The Labute approximate surface area is 197 Å². The highest BCUT2D eigenvalue weighted by atomic mass is 16.5. The summed E-state index contributed by atoms with van der Waals surface area (Å²) in [6, 6.07) is 16.0. The van der Waals surface area contributed by atoms with Crippen LogP contribution >= 0.6 is 0 Å². The SMILES string of the molecule is CCCCOc1ccc([C@@H](C)NC(=O)CCN2N=C(c3ccc(CC)cc3)CCC2=O)cc1. The number of hydrogen-bond donors (Lipinski definition) is 1. The largest absolute Gasteiger partial charge is 0.494 e. The fraction of sp³-hybridized carbons (Fsp3) is 0.444. The second-order valence-corrected chi connectivity index (χ2v) is 8.42. The van der Waals surface area contributed by atoms with Gasteiger partial charge in [0.15, 0.2) is 0 Å². The number of hydrazone groups is 1.